The van der Waals surface area contributed by atoms with Crippen molar-refractivity contribution < 1.29 is 9.47 Å². The average Bonchev–Trinajstić information content (AvgIpc) is 2.37. The number of ether oxygens (including phenoxy) is 2. The van der Waals surface area contributed by atoms with Crippen LogP contribution < -0.4 is 5.32 Å². The number of hydrogen-bond donors (Lipinski definition) is 1. The van der Waals surface area contributed by atoms with Gasteiger partial charge in [-0.05, 0) is 6.92 Å². The molecule has 3 heteroatoms. The number of rotatable bonds is 0. The molecule has 2 aliphatic heterocycles. The first kappa shape index (κ1) is 7.53. The second kappa shape index (κ2) is 2.73. The molecule has 0 aliphatic carbocycles. The summed E-state index contributed by atoms with van der Waals surface area (Å²) in [5.74, 6) is 0. The van der Waals surface area contributed by atoms with Crippen LogP contribution in [-0.4, -0.2) is 38.0 Å². The minimum absolute atomic E-state index is 0.0116. The van der Waals surface area contributed by atoms with Crippen LogP contribution in [-0.2, 0) is 9.47 Å². The van der Waals surface area contributed by atoms with Crippen molar-refractivity contribution in [2.45, 2.75) is 25.0 Å². The van der Waals surface area contributed by atoms with Crippen molar-refractivity contribution in [3.63, 3.8) is 0 Å². The lowest BCUT2D eigenvalue weighted by Crippen LogP contribution is -2.53. The van der Waals surface area contributed by atoms with Gasteiger partial charge in [0.25, 0.3) is 0 Å². The van der Waals surface area contributed by atoms with Crippen molar-refractivity contribution >= 4 is 0 Å². The summed E-state index contributed by atoms with van der Waals surface area (Å²) in [6.07, 6.45) is 1.38. The Balaban J connectivity index is 2.00. The van der Waals surface area contributed by atoms with Crippen LogP contribution in [0.1, 0.15) is 13.3 Å². The van der Waals surface area contributed by atoms with E-state index in [1.54, 1.807) is 0 Å². The van der Waals surface area contributed by atoms with Crippen LogP contribution in [0.25, 0.3) is 0 Å². The summed E-state index contributed by atoms with van der Waals surface area (Å²) in [4.78, 5) is 0. The first-order valence-corrected chi connectivity index (χ1v) is 4.27. The van der Waals surface area contributed by atoms with Crippen LogP contribution in [0.5, 0.6) is 0 Å². The van der Waals surface area contributed by atoms with E-state index < -0.39 is 0 Å². The van der Waals surface area contributed by atoms with Crippen LogP contribution in [0.15, 0.2) is 0 Å². The lowest BCUT2D eigenvalue weighted by atomic mass is 10.0. The molecular formula is C8H15NO2. The molecule has 0 aromatic rings. The Hall–Kier alpha value is -0.120. The Morgan fingerprint density at radius 1 is 1.55 bits per heavy atom. The predicted molar refractivity (Wildman–Crippen MR) is 41.6 cm³/mol. The van der Waals surface area contributed by atoms with Gasteiger partial charge >= 0.3 is 0 Å². The van der Waals surface area contributed by atoms with E-state index in [1.807, 2.05) is 0 Å². The number of morpholine rings is 1. The van der Waals surface area contributed by atoms with E-state index in [4.69, 9.17) is 9.47 Å². The van der Waals surface area contributed by atoms with E-state index in [1.165, 1.54) is 0 Å². The molecular weight excluding hydrogens is 142 g/mol. The van der Waals surface area contributed by atoms with Gasteiger partial charge in [-0.25, -0.2) is 0 Å². The van der Waals surface area contributed by atoms with Gasteiger partial charge in [0.1, 0.15) is 5.60 Å². The highest BCUT2D eigenvalue weighted by atomic mass is 16.6. The molecule has 2 aliphatic rings. The Morgan fingerprint density at radius 3 is 3.09 bits per heavy atom. The van der Waals surface area contributed by atoms with E-state index in [0.29, 0.717) is 6.10 Å². The Kier molecular flexibility index (Phi) is 1.87. The second-order valence-corrected chi connectivity index (χ2v) is 3.54. The molecule has 2 heterocycles. The molecule has 0 aromatic carbocycles. The first-order valence-electron chi connectivity index (χ1n) is 4.27. The van der Waals surface area contributed by atoms with Gasteiger partial charge in [-0.3, -0.25) is 0 Å². The highest BCUT2D eigenvalue weighted by Gasteiger charge is 2.39. The molecule has 2 atom stereocenters. The van der Waals surface area contributed by atoms with Crippen molar-refractivity contribution in [2.75, 3.05) is 26.3 Å². The normalized spacial score (nSPS) is 45.0. The molecule has 0 amide bonds. The van der Waals surface area contributed by atoms with Gasteiger partial charge in [-0.15, -0.1) is 0 Å². The number of nitrogens with one attached hydrogen (secondary N) is 1. The summed E-state index contributed by atoms with van der Waals surface area (Å²) in [6.45, 7) is 5.66. The fourth-order valence-corrected chi connectivity index (χ4v) is 1.83. The maximum atomic E-state index is 5.85. The van der Waals surface area contributed by atoms with Gasteiger partial charge < -0.3 is 14.8 Å². The molecule has 0 radical (unpaired) electrons. The third kappa shape index (κ3) is 1.41. The van der Waals surface area contributed by atoms with Gasteiger partial charge in [0.05, 0.1) is 12.7 Å². The summed E-state index contributed by atoms with van der Waals surface area (Å²) < 4.78 is 11.2. The van der Waals surface area contributed by atoms with Crippen LogP contribution in [0, 0.1) is 0 Å². The lowest BCUT2D eigenvalue weighted by Gasteiger charge is -2.36. The van der Waals surface area contributed by atoms with Crippen LogP contribution in [0.4, 0.5) is 0 Å². The van der Waals surface area contributed by atoms with Gasteiger partial charge in [0.2, 0.25) is 0 Å². The SMILES string of the molecule is C[C@@H]1CNC[C@@]2(CCOC2)O1. The van der Waals surface area contributed by atoms with Crippen LogP contribution in [0.3, 0.4) is 0 Å². The maximum Gasteiger partial charge on any atom is 0.106 e. The lowest BCUT2D eigenvalue weighted by molar-refractivity contribution is -0.108. The Morgan fingerprint density at radius 2 is 2.45 bits per heavy atom. The summed E-state index contributed by atoms with van der Waals surface area (Å²) in [6, 6.07) is 0. The topological polar surface area (TPSA) is 30.5 Å². The molecule has 3 nitrogen and oxygen atoms in total. The molecule has 2 fully saturated rings. The zero-order chi connectivity index (χ0) is 7.73. The third-order valence-electron chi connectivity index (χ3n) is 2.40. The minimum Gasteiger partial charge on any atom is -0.378 e. The summed E-state index contributed by atoms with van der Waals surface area (Å²) >= 11 is 0. The summed E-state index contributed by atoms with van der Waals surface area (Å²) in [5.41, 5.74) is 0.0116. The molecule has 11 heavy (non-hydrogen) atoms. The highest BCUT2D eigenvalue weighted by Crippen LogP contribution is 2.26. The van der Waals surface area contributed by atoms with E-state index in [2.05, 4.69) is 12.2 Å². The summed E-state index contributed by atoms with van der Waals surface area (Å²) in [7, 11) is 0. The van der Waals surface area contributed by atoms with Crippen LogP contribution in [0.2, 0.25) is 0 Å². The minimum atomic E-state index is 0.0116. The van der Waals surface area contributed by atoms with Crippen molar-refractivity contribution in [2.24, 2.45) is 0 Å². The highest BCUT2D eigenvalue weighted by molar-refractivity contribution is 4.91. The average molecular weight is 157 g/mol. The molecule has 1 spiro atoms. The van der Waals surface area contributed by atoms with E-state index in [-0.39, 0.29) is 5.60 Å². The van der Waals surface area contributed by atoms with Gasteiger partial charge in [-0.2, -0.15) is 0 Å². The largest absolute Gasteiger partial charge is 0.378 e. The molecule has 2 rings (SSSR count). The molecule has 64 valence electrons. The fraction of sp³-hybridized carbons (Fsp3) is 1.00. The smallest absolute Gasteiger partial charge is 0.106 e. The van der Waals surface area contributed by atoms with Crippen molar-refractivity contribution in [1.29, 1.82) is 0 Å². The Labute approximate surface area is 67.1 Å². The quantitative estimate of drug-likeness (QED) is 0.543. The van der Waals surface area contributed by atoms with E-state index >= 15 is 0 Å². The van der Waals surface area contributed by atoms with Crippen molar-refractivity contribution in [3.8, 4) is 0 Å². The third-order valence-corrected chi connectivity index (χ3v) is 2.40. The summed E-state index contributed by atoms with van der Waals surface area (Å²) in [5, 5.41) is 3.36. The van der Waals surface area contributed by atoms with E-state index in [0.717, 1.165) is 32.7 Å². The van der Waals surface area contributed by atoms with Gasteiger partial charge in [0.15, 0.2) is 0 Å². The monoisotopic (exact) mass is 157 g/mol. The molecule has 0 saturated carbocycles. The van der Waals surface area contributed by atoms with E-state index in [9.17, 15) is 0 Å². The molecule has 0 bridgehead atoms. The number of hydrogen-bond acceptors (Lipinski definition) is 3. The standard InChI is InChI=1S/C8H15NO2/c1-7-4-9-5-8(11-7)2-3-10-6-8/h7,9H,2-6H2,1H3/t7-,8-/m1/s1. The molecule has 1 N–H and O–H groups in total. The maximum absolute atomic E-state index is 5.85. The van der Waals surface area contributed by atoms with Gasteiger partial charge in [-0.1, -0.05) is 0 Å². The first-order chi connectivity index (χ1) is 5.31. The second-order valence-electron chi connectivity index (χ2n) is 3.54. The van der Waals surface area contributed by atoms with Crippen molar-refractivity contribution in [1.82, 2.24) is 5.32 Å². The van der Waals surface area contributed by atoms with Crippen LogP contribution >= 0.6 is 0 Å². The molecule has 0 unspecified atom stereocenters. The Bertz CT molecular complexity index is 143. The fourth-order valence-electron chi connectivity index (χ4n) is 1.83. The molecule has 0 aromatic heterocycles. The van der Waals surface area contributed by atoms with Crippen molar-refractivity contribution in [3.05, 3.63) is 0 Å². The van der Waals surface area contributed by atoms with Gasteiger partial charge in [0, 0.05) is 26.1 Å². The zero-order valence-electron chi connectivity index (χ0n) is 6.93. The molecule has 2 saturated heterocycles. The predicted octanol–water partition coefficient (Wildman–Crippen LogP) is 0.154. The zero-order valence-corrected chi connectivity index (χ0v) is 6.93.